The topological polar surface area (TPSA) is 26.0 Å². The standard InChI is InChI=1S/C10H19N/c1-7-2-8-4-9(3-7)6-10(11)5-8/h7-10H,2-6,11H2,1H3/t7?,8-,9-,10?/m0/s1. The van der Waals surface area contributed by atoms with E-state index in [2.05, 4.69) is 6.92 Å². The third-order valence-corrected chi connectivity index (χ3v) is 3.41. The van der Waals surface area contributed by atoms with Crippen LogP contribution in [0.3, 0.4) is 0 Å². The van der Waals surface area contributed by atoms with E-state index in [9.17, 15) is 0 Å². The van der Waals surface area contributed by atoms with E-state index in [0.717, 1.165) is 17.8 Å². The van der Waals surface area contributed by atoms with Gasteiger partial charge in [0.15, 0.2) is 0 Å². The van der Waals surface area contributed by atoms with E-state index in [1.807, 2.05) is 0 Å². The molecule has 64 valence electrons. The maximum Gasteiger partial charge on any atom is 0.00441 e. The smallest absolute Gasteiger partial charge is 0.00441 e. The molecule has 0 heterocycles. The molecule has 2 aliphatic rings. The van der Waals surface area contributed by atoms with Gasteiger partial charge < -0.3 is 5.73 Å². The first-order valence-corrected chi connectivity index (χ1v) is 4.99. The lowest BCUT2D eigenvalue weighted by Gasteiger charge is -2.40. The second-order valence-corrected chi connectivity index (χ2v) is 4.78. The summed E-state index contributed by atoms with van der Waals surface area (Å²) in [5.41, 5.74) is 5.97. The molecular weight excluding hydrogens is 134 g/mol. The molecule has 0 aromatic carbocycles. The quantitative estimate of drug-likeness (QED) is 0.567. The van der Waals surface area contributed by atoms with Gasteiger partial charge in [0.1, 0.15) is 0 Å². The van der Waals surface area contributed by atoms with Crippen LogP contribution in [0, 0.1) is 17.8 Å². The molecule has 1 nitrogen and oxygen atoms in total. The largest absolute Gasteiger partial charge is 0.328 e. The molecule has 2 saturated carbocycles. The SMILES string of the molecule is CC1C[C@@H]2CC(N)C[C@@H](C1)C2. The highest BCUT2D eigenvalue weighted by molar-refractivity contribution is 4.86. The van der Waals surface area contributed by atoms with Crippen LogP contribution < -0.4 is 5.73 Å². The Morgan fingerprint density at radius 2 is 1.45 bits per heavy atom. The van der Waals surface area contributed by atoms with Gasteiger partial charge in [-0.25, -0.2) is 0 Å². The molecule has 0 aromatic heterocycles. The fourth-order valence-corrected chi connectivity index (χ4v) is 3.24. The molecule has 0 amide bonds. The van der Waals surface area contributed by atoms with Gasteiger partial charge in [0.25, 0.3) is 0 Å². The summed E-state index contributed by atoms with van der Waals surface area (Å²) >= 11 is 0. The van der Waals surface area contributed by atoms with Crippen LogP contribution in [0.4, 0.5) is 0 Å². The summed E-state index contributed by atoms with van der Waals surface area (Å²) in [7, 11) is 0. The van der Waals surface area contributed by atoms with Crippen LogP contribution in [0.15, 0.2) is 0 Å². The van der Waals surface area contributed by atoms with Gasteiger partial charge in [-0.2, -0.15) is 0 Å². The molecule has 2 atom stereocenters. The predicted molar refractivity (Wildman–Crippen MR) is 47.2 cm³/mol. The minimum Gasteiger partial charge on any atom is -0.328 e. The molecule has 0 aromatic rings. The van der Waals surface area contributed by atoms with Gasteiger partial charge in [0, 0.05) is 6.04 Å². The molecule has 0 unspecified atom stereocenters. The maximum absolute atomic E-state index is 5.97. The number of hydrogen-bond acceptors (Lipinski definition) is 1. The normalized spacial score (nSPS) is 50.7. The molecule has 2 bridgehead atoms. The molecule has 0 saturated heterocycles. The summed E-state index contributed by atoms with van der Waals surface area (Å²) in [5.74, 6) is 2.94. The molecule has 0 radical (unpaired) electrons. The Kier molecular flexibility index (Phi) is 1.92. The van der Waals surface area contributed by atoms with Gasteiger partial charge >= 0.3 is 0 Å². The van der Waals surface area contributed by atoms with Crippen molar-refractivity contribution in [2.45, 2.75) is 45.1 Å². The third-order valence-electron chi connectivity index (χ3n) is 3.41. The Balaban J connectivity index is 2.00. The first kappa shape index (κ1) is 7.60. The Morgan fingerprint density at radius 3 is 2.00 bits per heavy atom. The minimum atomic E-state index is 0.534. The van der Waals surface area contributed by atoms with Crippen LogP contribution in [0.25, 0.3) is 0 Å². The van der Waals surface area contributed by atoms with Crippen molar-refractivity contribution < 1.29 is 0 Å². The highest BCUT2D eigenvalue weighted by atomic mass is 14.7. The van der Waals surface area contributed by atoms with Crippen molar-refractivity contribution in [3.8, 4) is 0 Å². The van der Waals surface area contributed by atoms with E-state index >= 15 is 0 Å². The van der Waals surface area contributed by atoms with Crippen molar-refractivity contribution in [1.82, 2.24) is 0 Å². The zero-order chi connectivity index (χ0) is 7.84. The molecule has 0 spiro atoms. The second-order valence-electron chi connectivity index (χ2n) is 4.78. The zero-order valence-electron chi connectivity index (χ0n) is 7.42. The number of hydrogen-bond donors (Lipinski definition) is 1. The lowest BCUT2D eigenvalue weighted by Crippen LogP contribution is -2.37. The molecular formula is C10H19N. The molecule has 1 heteroatoms. The van der Waals surface area contributed by atoms with E-state index in [1.54, 1.807) is 0 Å². The first-order chi connectivity index (χ1) is 5.24. The van der Waals surface area contributed by atoms with Gasteiger partial charge in [-0.3, -0.25) is 0 Å². The van der Waals surface area contributed by atoms with Gasteiger partial charge in [-0.05, 0) is 49.9 Å². The maximum atomic E-state index is 5.97. The minimum absolute atomic E-state index is 0.534. The molecule has 2 fully saturated rings. The van der Waals surface area contributed by atoms with Crippen LogP contribution in [0.2, 0.25) is 0 Å². The van der Waals surface area contributed by atoms with Crippen LogP contribution in [0.1, 0.15) is 39.0 Å². The number of nitrogens with two attached hydrogens (primary N) is 1. The number of rotatable bonds is 0. The van der Waals surface area contributed by atoms with Gasteiger partial charge in [0.05, 0.1) is 0 Å². The van der Waals surface area contributed by atoms with E-state index in [-0.39, 0.29) is 0 Å². The predicted octanol–water partition coefficient (Wildman–Crippen LogP) is 2.16. The lowest BCUT2D eigenvalue weighted by atomic mass is 9.67. The van der Waals surface area contributed by atoms with Crippen LogP contribution >= 0.6 is 0 Å². The van der Waals surface area contributed by atoms with Gasteiger partial charge in [-0.15, -0.1) is 0 Å². The van der Waals surface area contributed by atoms with Crippen molar-refractivity contribution in [3.63, 3.8) is 0 Å². The van der Waals surface area contributed by atoms with E-state index in [1.165, 1.54) is 32.1 Å². The van der Waals surface area contributed by atoms with Gasteiger partial charge in [-0.1, -0.05) is 6.92 Å². The fraction of sp³-hybridized carbons (Fsp3) is 1.00. The summed E-state index contributed by atoms with van der Waals surface area (Å²) in [6.45, 7) is 2.40. The average Bonchev–Trinajstić information content (AvgIpc) is 1.82. The molecule has 2 N–H and O–H groups in total. The summed E-state index contributed by atoms with van der Waals surface area (Å²) in [5, 5.41) is 0. The lowest BCUT2D eigenvalue weighted by molar-refractivity contribution is 0.131. The van der Waals surface area contributed by atoms with E-state index in [0.29, 0.717) is 6.04 Å². The first-order valence-electron chi connectivity index (χ1n) is 4.99. The molecule has 11 heavy (non-hydrogen) atoms. The van der Waals surface area contributed by atoms with Crippen molar-refractivity contribution in [3.05, 3.63) is 0 Å². The van der Waals surface area contributed by atoms with Crippen molar-refractivity contribution >= 4 is 0 Å². The zero-order valence-corrected chi connectivity index (χ0v) is 7.42. The highest BCUT2D eigenvalue weighted by Crippen LogP contribution is 2.41. The average molecular weight is 153 g/mol. The monoisotopic (exact) mass is 153 g/mol. The summed E-state index contributed by atoms with van der Waals surface area (Å²) in [6.07, 6.45) is 6.99. The van der Waals surface area contributed by atoms with Crippen molar-refractivity contribution in [2.24, 2.45) is 23.5 Å². The van der Waals surface area contributed by atoms with Crippen molar-refractivity contribution in [1.29, 1.82) is 0 Å². The van der Waals surface area contributed by atoms with Crippen LogP contribution in [0.5, 0.6) is 0 Å². The Bertz CT molecular complexity index is 110. The third kappa shape index (κ3) is 1.58. The summed E-state index contributed by atoms with van der Waals surface area (Å²) in [4.78, 5) is 0. The molecule has 0 aliphatic heterocycles. The fourth-order valence-electron chi connectivity index (χ4n) is 3.24. The molecule has 2 aliphatic carbocycles. The number of fused-ring (bicyclic) bond motifs is 2. The summed E-state index contributed by atoms with van der Waals surface area (Å²) in [6, 6.07) is 0.534. The van der Waals surface area contributed by atoms with Crippen molar-refractivity contribution in [2.75, 3.05) is 0 Å². The van der Waals surface area contributed by atoms with Crippen LogP contribution in [-0.4, -0.2) is 6.04 Å². The Hall–Kier alpha value is -0.0400. The Morgan fingerprint density at radius 1 is 0.909 bits per heavy atom. The van der Waals surface area contributed by atoms with E-state index in [4.69, 9.17) is 5.73 Å². The van der Waals surface area contributed by atoms with E-state index < -0.39 is 0 Å². The Labute approximate surface area is 69.4 Å². The highest BCUT2D eigenvalue weighted by Gasteiger charge is 2.32. The second kappa shape index (κ2) is 2.78. The van der Waals surface area contributed by atoms with Crippen LogP contribution in [-0.2, 0) is 0 Å². The summed E-state index contributed by atoms with van der Waals surface area (Å²) < 4.78 is 0. The molecule has 2 rings (SSSR count). The van der Waals surface area contributed by atoms with Gasteiger partial charge in [0.2, 0.25) is 0 Å².